The number of carbonyl (C=O) groups excluding carboxylic acids is 2. The number of ether oxygens (including phenoxy) is 1. The molecule has 0 saturated heterocycles. The van der Waals surface area contributed by atoms with Gasteiger partial charge in [0.1, 0.15) is 6.07 Å². The van der Waals surface area contributed by atoms with E-state index in [0.717, 1.165) is 0 Å². The van der Waals surface area contributed by atoms with Crippen LogP contribution in [0.5, 0.6) is 0 Å². The van der Waals surface area contributed by atoms with Crippen LogP contribution < -0.4 is 11.1 Å². The minimum absolute atomic E-state index is 0.0364. The Morgan fingerprint density at radius 2 is 2.00 bits per heavy atom. The van der Waals surface area contributed by atoms with E-state index in [1.165, 1.54) is 17.9 Å². The Hall–Kier alpha value is -3.27. The van der Waals surface area contributed by atoms with Crippen LogP contribution in [0.25, 0.3) is 5.69 Å². The lowest BCUT2D eigenvalue weighted by molar-refractivity contribution is -0.118. The van der Waals surface area contributed by atoms with Crippen LogP contribution in [-0.2, 0) is 9.53 Å². The Labute approximate surface area is 139 Å². The van der Waals surface area contributed by atoms with Crippen LogP contribution in [0, 0.1) is 17.2 Å². The minimum Gasteiger partial charge on any atom is -0.464 e. The van der Waals surface area contributed by atoms with Crippen molar-refractivity contribution in [2.24, 2.45) is 5.92 Å². The number of nitrogens with zero attached hydrogens (tertiary/aromatic N) is 2. The van der Waals surface area contributed by atoms with Crippen LogP contribution in [0.3, 0.4) is 0 Å². The molecule has 0 radical (unpaired) electrons. The standard InChI is InChI=1S/C17H18N4O3/c1-10(2)16(22)20-12-6-4-5-7-13(12)21-9-11(8-18)14(19)15(21)17(23)24-3/h4-7,9-10H,19H2,1-3H3,(H,20,22). The third-order valence-electron chi connectivity index (χ3n) is 3.49. The first-order chi connectivity index (χ1) is 11.4. The molecule has 0 unspecified atom stereocenters. The lowest BCUT2D eigenvalue weighted by Gasteiger charge is -2.15. The molecule has 0 spiro atoms. The van der Waals surface area contributed by atoms with Gasteiger partial charge in [0.05, 0.1) is 29.7 Å². The van der Waals surface area contributed by atoms with Gasteiger partial charge in [0.2, 0.25) is 5.91 Å². The van der Waals surface area contributed by atoms with E-state index in [1.54, 1.807) is 38.1 Å². The predicted octanol–water partition coefficient (Wildman–Crippen LogP) is 2.31. The maximum absolute atomic E-state index is 12.1. The fourth-order valence-corrected chi connectivity index (χ4v) is 2.17. The highest BCUT2D eigenvalue weighted by atomic mass is 16.5. The summed E-state index contributed by atoms with van der Waals surface area (Å²) in [7, 11) is 1.23. The molecule has 24 heavy (non-hydrogen) atoms. The summed E-state index contributed by atoms with van der Waals surface area (Å²) >= 11 is 0. The number of nitrogens with one attached hydrogen (secondary N) is 1. The number of para-hydroxylation sites is 2. The Balaban J connectivity index is 2.63. The second-order valence-corrected chi connectivity index (χ2v) is 5.44. The van der Waals surface area contributed by atoms with Gasteiger partial charge in [0, 0.05) is 12.1 Å². The average molecular weight is 326 g/mol. The molecule has 0 saturated carbocycles. The number of esters is 1. The number of benzene rings is 1. The Kier molecular flexibility index (Phi) is 4.90. The number of nitrogen functional groups attached to an aromatic ring is 1. The van der Waals surface area contributed by atoms with Gasteiger partial charge < -0.3 is 20.4 Å². The highest BCUT2D eigenvalue weighted by Crippen LogP contribution is 2.28. The van der Waals surface area contributed by atoms with E-state index in [4.69, 9.17) is 10.5 Å². The topological polar surface area (TPSA) is 110 Å². The number of anilines is 2. The summed E-state index contributed by atoms with van der Waals surface area (Å²) in [6.07, 6.45) is 1.45. The fraction of sp³-hybridized carbons (Fsp3) is 0.235. The molecular formula is C17H18N4O3. The number of hydrogen-bond acceptors (Lipinski definition) is 5. The van der Waals surface area contributed by atoms with E-state index < -0.39 is 5.97 Å². The zero-order chi connectivity index (χ0) is 17.9. The van der Waals surface area contributed by atoms with Gasteiger partial charge in [-0.1, -0.05) is 26.0 Å². The van der Waals surface area contributed by atoms with Gasteiger partial charge in [0.25, 0.3) is 0 Å². The summed E-state index contributed by atoms with van der Waals surface area (Å²) in [6.45, 7) is 3.55. The number of nitriles is 1. The van der Waals surface area contributed by atoms with E-state index in [2.05, 4.69) is 5.32 Å². The van der Waals surface area contributed by atoms with Crippen LogP contribution >= 0.6 is 0 Å². The number of hydrogen-bond donors (Lipinski definition) is 2. The van der Waals surface area contributed by atoms with Crippen LogP contribution in [0.4, 0.5) is 11.4 Å². The van der Waals surface area contributed by atoms with Crippen LogP contribution in [-0.4, -0.2) is 23.6 Å². The molecule has 2 aromatic rings. The van der Waals surface area contributed by atoms with Crippen molar-refractivity contribution < 1.29 is 14.3 Å². The average Bonchev–Trinajstić information content (AvgIpc) is 2.91. The molecule has 124 valence electrons. The summed E-state index contributed by atoms with van der Waals surface area (Å²) < 4.78 is 6.21. The molecule has 0 aliphatic heterocycles. The molecule has 0 aliphatic carbocycles. The number of nitrogens with two attached hydrogens (primary N) is 1. The van der Waals surface area contributed by atoms with Crippen LogP contribution in [0.2, 0.25) is 0 Å². The molecule has 0 fully saturated rings. The van der Waals surface area contributed by atoms with Crippen molar-refractivity contribution in [2.45, 2.75) is 13.8 Å². The first-order valence-corrected chi connectivity index (χ1v) is 7.30. The zero-order valence-corrected chi connectivity index (χ0v) is 13.7. The second kappa shape index (κ2) is 6.87. The summed E-state index contributed by atoms with van der Waals surface area (Å²) in [6, 6.07) is 8.87. The van der Waals surface area contributed by atoms with Gasteiger partial charge in [-0.05, 0) is 12.1 Å². The van der Waals surface area contributed by atoms with Crippen molar-refractivity contribution >= 4 is 23.3 Å². The van der Waals surface area contributed by atoms with Crippen molar-refractivity contribution in [1.29, 1.82) is 5.26 Å². The van der Waals surface area contributed by atoms with Crippen LogP contribution in [0.1, 0.15) is 29.9 Å². The largest absolute Gasteiger partial charge is 0.464 e. The maximum atomic E-state index is 12.1. The van der Waals surface area contributed by atoms with Crippen LogP contribution in [0.15, 0.2) is 30.5 Å². The molecule has 2 rings (SSSR count). The van der Waals surface area contributed by atoms with Crippen molar-refractivity contribution in [3.05, 3.63) is 41.7 Å². The summed E-state index contributed by atoms with van der Waals surface area (Å²) in [5.41, 5.74) is 7.14. The molecule has 3 N–H and O–H groups in total. The van der Waals surface area contributed by atoms with E-state index >= 15 is 0 Å². The lowest BCUT2D eigenvalue weighted by Crippen LogP contribution is -2.19. The maximum Gasteiger partial charge on any atom is 0.357 e. The van der Waals surface area contributed by atoms with Crippen molar-refractivity contribution in [2.75, 3.05) is 18.2 Å². The first-order valence-electron chi connectivity index (χ1n) is 7.30. The van der Waals surface area contributed by atoms with E-state index in [-0.39, 0.29) is 28.8 Å². The van der Waals surface area contributed by atoms with Crippen molar-refractivity contribution in [3.63, 3.8) is 0 Å². The quantitative estimate of drug-likeness (QED) is 0.838. The second-order valence-electron chi connectivity index (χ2n) is 5.44. The van der Waals surface area contributed by atoms with Gasteiger partial charge >= 0.3 is 5.97 Å². The normalized spacial score (nSPS) is 10.3. The molecular weight excluding hydrogens is 308 g/mol. The highest BCUT2D eigenvalue weighted by Gasteiger charge is 2.23. The van der Waals surface area contributed by atoms with Gasteiger partial charge in [-0.15, -0.1) is 0 Å². The number of rotatable bonds is 4. The minimum atomic E-state index is -0.668. The summed E-state index contributed by atoms with van der Waals surface area (Å²) in [5, 5.41) is 12.0. The van der Waals surface area contributed by atoms with Crippen molar-refractivity contribution in [1.82, 2.24) is 4.57 Å². The summed E-state index contributed by atoms with van der Waals surface area (Å²) in [5.74, 6) is -1.04. The van der Waals surface area contributed by atoms with E-state index in [1.807, 2.05) is 6.07 Å². The number of amides is 1. The molecule has 1 aromatic heterocycles. The van der Waals surface area contributed by atoms with Gasteiger partial charge in [-0.3, -0.25) is 4.79 Å². The Bertz CT molecular complexity index is 831. The SMILES string of the molecule is COC(=O)c1c(N)c(C#N)cn1-c1ccccc1NC(=O)C(C)C. The number of aromatic nitrogens is 1. The number of carbonyl (C=O) groups is 2. The molecule has 1 heterocycles. The first kappa shape index (κ1) is 17.1. The molecule has 0 bridgehead atoms. The highest BCUT2D eigenvalue weighted by molar-refractivity contribution is 5.98. The van der Waals surface area contributed by atoms with Gasteiger partial charge in [-0.2, -0.15) is 5.26 Å². The number of methoxy groups -OCH3 is 1. The summed E-state index contributed by atoms with van der Waals surface area (Å²) in [4.78, 5) is 24.1. The molecule has 7 heteroatoms. The monoisotopic (exact) mass is 326 g/mol. The molecule has 1 aromatic carbocycles. The third-order valence-corrected chi connectivity index (χ3v) is 3.49. The van der Waals surface area contributed by atoms with E-state index in [0.29, 0.717) is 11.4 Å². The fourth-order valence-electron chi connectivity index (χ4n) is 2.17. The third kappa shape index (κ3) is 3.08. The van der Waals surface area contributed by atoms with E-state index in [9.17, 15) is 14.9 Å². The van der Waals surface area contributed by atoms with Crippen molar-refractivity contribution in [3.8, 4) is 11.8 Å². The molecule has 7 nitrogen and oxygen atoms in total. The lowest BCUT2D eigenvalue weighted by atomic mass is 10.2. The molecule has 0 atom stereocenters. The smallest absolute Gasteiger partial charge is 0.357 e. The molecule has 0 aliphatic rings. The zero-order valence-electron chi connectivity index (χ0n) is 13.7. The Morgan fingerprint density at radius 1 is 1.33 bits per heavy atom. The molecule has 1 amide bonds. The predicted molar refractivity (Wildman–Crippen MR) is 89.7 cm³/mol. The van der Waals surface area contributed by atoms with Gasteiger partial charge in [-0.25, -0.2) is 4.79 Å². The van der Waals surface area contributed by atoms with Gasteiger partial charge in [0.15, 0.2) is 5.69 Å². The Morgan fingerprint density at radius 3 is 2.58 bits per heavy atom.